The predicted molar refractivity (Wildman–Crippen MR) is 174 cm³/mol. The van der Waals surface area contributed by atoms with E-state index in [1.54, 1.807) is 0 Å². The molecule has 1 atom stereocenters. The van der Waals surface area contributed by atoms with E-state index in [1.807, 2.05) is 0 Å². The van der Waals surface area contributed by atoms with Crippen LogP contribution >= 0.6 is 0 Å². The molecular weight excluding hydrogens is 492 g/mol. The number of allylic oxidation sites excluding steroid dienone is 1. The fourth-order valence-electron chi connectivity index (χ4n) is 7.93. The van der Waals surface area contributed by atoms with Crippen molar-refractivity contribution < 1.29 is 0 Å². The van der Waals surface area contributed by atoms with E-state index >= 15 is 0 Å². The summed E-state index contributed by atoms with van der Waals surface area (Å²) in [6.45, 7) is 11.5. The normalized spacial score (nSPS) is 16.0. The summed E-state index contributed by atoms with van der Waals surface area (Å²) < 4.78 is 0. The highest BCUT2D eigenvalue weighted by molar-refractivity contribution is 5.83. The van der Waals surface area contributed by atoms with Crippen molar-refractivity contribution in [2.75, 3.05) is 0 Å². The summed E-state index contributed by atoms with van der Waals surface area (Å²) in [7, 11) is 0. The number of fused-ring (bicyclic) bond motifs is 4. The number of hydrogen-bond donors (Lipinski definition) is 0. The fraction of sp³-hybridized carbons (Fsp3) is 0.220. The molecule has 202 valence electrons. The quantitative estimate of drug-likeness (QED) is 0.212. The lowest BCUT2D eigenvalue weighted by Gasteiger charge is -2.47. The van der Waals surface area contributed by atoms with Gasteiger partial charge in [-0.05, 0) is 76.8 Å². The van der Waals surface area contributed by atoms with E-state index in [0.717, 1.165) is 0 Å². The molecule has 0 saturated carbocycles. The fourth-order valence-corrected chi connectivity index (χ4v) is 7.93. The second-order valence-corrected chi connectivity index (χ2v) is 12.6. The van der Waals surface area contributed by atoms with Crippen molar-refractivity contribution in [3.8, 4) is 11.1 Å². The third kappa shape index (κ3) is 3.88. The van der Waals surface area contributed by atoms with E-state index in [-0.39, 0.29) is 17.3 Å². The van der Waals surface area contributed by atoms with Gasteiger partial charge in [0, 0.05) is 17.3 Å². The van der Waals surface area contributed by atoms with Gasteiger partial charge in [-0.2, -0.15) is 0 Å². The Hall–Kier alpha value is -4.16. The van der Waals surface area contributed by atoms with Crippen molar-refractivity contribution in [1.82, 2.24) is 0 Å². The van der Waals surface area contributed by atoms with Crippen LogP contribution in [0, 0.1) is 13.8 Å². The third-order valence-electron chi connectivity index (χ3n) is 9.67. The molecule has 0 nitrogen and oxygen atoms in total. The third-order valence-corrected chi connectivity index (χ3v) is 9.67. The maximum Gasteiger partial charge on any atom is 0.0418 e. The Bertz CT molecular complexity index is 1690. The van der Waals surface area contributed by atoms with Gasteiger partial charge in [-0.25, -0.2) is 0 Å². The van der Waals surface area contributed by atoms with Crippen LogP contribution in [-0.2, 0) is 5.41 Å². The molecule has 0 heteroatoms. The lowest BCUT2D eigenvalue weighted by molar-refractivity contribution is 0.405. The Labute approximate surface area is 245 Å². The maximum absolute atomic E-state index is 2.52. The van der Waals surface area contributed by atoms with Crippen LogP contribution in [0.5, 0.6) is 0 Å². The SMILES string of the molecule is CC1=Cc2ccc(C(C)C)cc2C1C(c1ccccc1)(c1ccccc1)C1c2cc(C)ccc2-c2ccc(C)cc21. The Balaban J connectivity index is 1.66. The van der Waals surface area contributed by atoms with E-state index in [9.17, 15) is 0 Å². The van der Waals surface area contributed by atoms with Gasteiger partial charge in [0.05, 0.1) is 0 Å². The van der Waals surface area contributed by atoms with Crippen LogP contribution in [0.3, 0.4) is 0 Å². The number of aryl methyl sites for hydroxylation is 2. The second-order valence-electron chi connectivity index (χ2n) is 12.6. The number of benzene rings is 5. The van der Waals surface area contributed by atoms with Crippen molar-refractivity contribution in [2.45, 2.75) is 57.8 Å². The lowest BCUT2D eigenvalue weighted by Crippen LogP contribution is -2.41. The summed E-state index contributed by atoms with van der Waals surface area (Å²) in [4.78, 5) is 0. The molecule has 2 aliphatic rings. The van der Waals surface area contributed by atoms with Crippen LogP contribution < -0.4 is 0 Å². The van der Waals surface area contributed by atoms with Crippen molar-refractivity contribution >= 4 is 6.08 Å². The molecule has 0 radical (unpaired) electrons. The molecule has 5 aromatic carbocycles. The zero-order valence-electron chi connectivity index (χ0n) is 24.8. The first-order valence-electron chi connectivity index (χ1n) is 15.0. The Kier molecular flexibility index (Phi) is 6.12. The van der Waals surface area contributed by atoms with Crippen molar-refractivity contribution in [1.29, 1.82) is 0 Å². The van der Waals surface area contributed by atoms with E-state index in [2.05, 4.69) is 156 Å². The summed E-state index contributed by atoms with van der Waals surface area (Å²) in [5, 5.41) is 0. The van der Waals surface area contributed by atoms with Gasteiger partial charge >= 0.3 is 0 Å². The first-order chi connectivity index (χ1) is 19.9. The van der Waals surface area contributed by atoms with Gasteiger partial charge in [0.2, 0.25) is 0 Å². The first-order valence-corrected chi connectivity index (χ1v) is 15.0. The average Bonchev–Trinajstić information content (AvgIpc) is 3.48. The predicted octanol–water partition coefficient (Wildman–Crippen LogP) is 10.7. The number of rotatable bonds is 5. The largest absolute Gasteiger partial charge is 0.0639 e. The molecule has 0 heterocycles. The molecule has 0 aromatic heterocycles. The minimum Gasteiger partial charge on any atom is -0.0639 e. The maximum atomic E-state index is 2.52. The summed E-state index contributed by atoms with van der Waals surface area (Å²) in [6, 6.07) is 44.2. The standard InChI is InChI=1S/C41H38/c1-26(2)30-18-19-31-24-29(5)39(36(31)25-30)41(32-12-8-6-9-13-32,33-14-10-7-11-15-33)40-37-22-27(3)16-20-34(37)35-21-17-28(4)23-38(35)40/h6-26,39-40H,1-5H3. The first kappa shape index (κ1) is 25.8. The second kappa shape index (κ2) is 9.74. The molecule has 5 aromatic rings. The molecule has 0 amide bonds. The minimum atomic E-state index is -0.356. The topological polar surface area (TPSA) is 0 Å². The van der Waals surface area contributed by atoms with Gasteiger partial charge in [0.25, 0.3) is 0 Å². The highest BCUT2D eigenvalue weighted by Crippen LogP contribution is 2.64. The van der Waals surface area contributed by atoms with Crippen molar-refractivity contribution in [2.24, 2.45) is 0 Å². The molecule has 2 aliphatic carbocycles. The van der Waals surface area contributed by atoms with Crippen molar-refractivity contribution in [3.05, 3.63) is 171 Å². The number of hydrogen-bond acceptors (Lipinski definition) is 0. The van der Waals surface area contributed by atoms with E-state index in [1.165, 1.54) is 66.8 Å². The molecule has 0 spiro atoms. The zero-order valence-corrected chi connectivity index (χ0v) is 24.8. The smallest absolute Gasteiger partial charge is 0.0418 e. The molecule has 1 unspecified atom stereocenters. The highest BCUT2D eigenvalue weighted by Gasteiger charge is 2.54. The van der Waals surface area contributed by atoms with Gasteiger partial charge in [0.1, 0.15) is 0 Å². The van der Waals surface area contributed by atoms with Crippen LogP contribution in [-0.4, -0.2) is 0 Å². The molecular formula is C41H38. The van der Waals surface area contributed by atoms with Gasteiger partial charge in [0.15, 0.2) is 0 Å². The van der Waals surface area contributed by atoms with Crippen LogP contribution in [0.15, 0.2) is 121 Å². The Morgan fingerprint density at radius 2 is 1.07 bits per heavy atom. The summed E-state index contributed by atoms with van der Waals surface area (Å²) in [5.41, 5.74) is 16.3. The van der Waals surface area contributed by atoms with Gasteiger partial charge in [-0.3, -0.25) is 0 Å². The Morgan fingerprint density at radius 1 is 0.537 bits per heavy atom. The molecule has 7 rings (SSSR count). The van der Waals surface area contributed by atoms with E-state index in [4.69, 9.17) is 0 Å². The van der Waals surface area contributed by atoms with Crippen LogP contribution in [0.2, 0.25) is 0 Å². The highest BCUT2D eigenvalue weighted by atomic mass is 14.6. The van der Waals surface area contributed by atoms with Crippen molar-refractivity contribution in [3.63, 3.8) is 0 Å². The van der Waals surface area contributed by atoms with Gasteiger partial charge < -0.3 is 0 Å². The average molecular weight is 531 g/mol. The van der Waals surface area contributed by atoms with Gasteiger partial charge in [-0.15, -0.1) is 0 Å². The molecule has 0 saturated heterocycles. The van der Waals surface area contributed by atoms with Crippen LogP contribution in [0.1, 0.15) is 88.6 Å². The summed E-state index contributed by atoms with van der Waals surface area (Å²) in [6.07, 6.45) is 2.45. The van der Waals surface area contributed by atoms with E-state index in [0.29, 0.717) is 5.92 Å². The summed E-state index contributed by atoms with van der Waals surface area (Å²) in [5.74, 6) is 0.813. The van der Waals surface area contributed by atoms with Gasteiger partial charge in [-0.1, -0.05) is 152 Å². The molecule has 41 heavy (non-hydrogen) atoms. The lowest BCUT2D eigenvalue weighted by atomic mass is 9.54. The van der Waals surface area contributed by atoms with Crippen LogP contribution in [0.25, 0.3) is 17.2 Å². The summed E-state index contributed by atoms with van der Waals surface area (Å²) >= 11 is 0. The molecule has 0 bridgehead atoms. The van der Waals surface area contributed by atoms with Crippen LogP contribution in [0.4, 0.5) is 0 Å². The Morgan fingerprint density at radius 3 is 1.59 bits per heavy atom. The molecule has 0 fully saturated rings. The zero-order chi connectivity index (χ0) is 28.3. The minimum absolute atomic E-state index is 0.152. The molecule has 0 N–H and O–H groups in total. The van der Waals surface area contributed by atoms with E-state index < -0.39 is 0 Å². The molecule has 0 aliphatic heterocycles. The monoisotopic (exact) mass is 530 g/mol.